The number of rotatable bonds is 6. The highest BCUT2D eigenvalue weighted by Gasteiger charge is 2.16. The van der Waals surface area contributed by atoms with Crippen LogP contribution in [-0.2, 0) is 4.79 Å². The van der Waals surface area contributed by atoms with E-state index >= 15 is 0 Å². The molecule has 6 heteroatoms. The van der Waals surface area contributed by atoms with Crippen LogP contribution in [0.25, 0.3) is 0 Å². The molecule has 0 aliphatic heterocycles. The molecule has 0 amide bonds. The summed E-state index contributed by atoms with van der Waals surface area (Å²) in [7, 11) is 2.93. The molecule has 0 unspecified atom stereocenters. The molecule has 0 aliphatic carbocycles. The van der Waals surface area contributed by atoms with Gasteiger partial charge in [-0.1, -0.05) is 18.2 Å². The number of para-hydroxylation sites is 2. The highest BCUT2D eigenvalue weighted by Crippen LogP contribution is 2.36. The predicted octanol–water partition coefficient (Wildman–Crippen LogP) is 2.56. The smallest absolute Gasteiger partial charge is 0.349 e. The van der Waals surface area contributed by atoms with Crippen LogP contribution >= 0.6 is 0 Å². The molecular weight excluding hydrogens is 298 g/mol. The number of ether oxygens (including phenoxy) is 4. The number of benzene rings is 2. The average Bonchev–Trinajstić information content (AvgIpc) is 2.60. The molecular formula is C17H15NO5. The molecule has 2 rings (SSSR count). The number of carbonyl (C=O) groups is 1. The zero-order chi connectivity index (χ0) is 16.7. The first kappa shape index (κ1) is 16.2. The van der Waals surface area contributed by atoms with E-state index in [1.807, 2.05) is 6.07 Å². The molecule has 0 bridgehead atoms. The lowest BCUT2D eigenvalue weighted by molar-refractivity contribution is -0.136. The highest BCUT2D eigenvalue weighted by atomic mass is 16.6. The number of hydrogen-bond acceptors (Lipinski definition) is 6. The van der Waals surface area contributed by atoms with E-state index in [4.69, 9.17) is 24.2 Å². The predicted molar refractivity (Wildman–Crippen MR) is 81.8 cm³/mol. The Morgan fingerprint density at radius 3 is 2.22 bits per heavy atom. The first-order valence-corrected chi connectivity index (χ1v) is 6.73. The van der Waals surface area contributed by atoms with Crippen molar-refractivity contribution in [3.8, 4) is 29.1 Å². The molecule has 0 saturated carbocycles. The summed E-state index contributed by atoms with van der Waals surface area (Å²) in [6.45, 7) is -0.347. The lowest BCUT2D eigenvalue weighted by Crippen LogP contribution is -2.18. The fraction of sp³-hybridized carbons (Fsp3) is 0.176. The quantitative estimate of drug-likeness (QED) is 0.602. The maximum atomic E-state index is 12.0. The van der Waals surface area contributed by atoms with E-state index in [2.05, 4.69) is 0 Å². The second-order valence-corrected chi connectivity index (χ2v) is 4.36. The van der Waals surface area contributed by atoms with Crippen molar-refractivity contribution in [2.75, 3.05) is 20.8 Å². The standard InChI is InChI=1S/C17H15NO5/c1-20-14-8-5-9-15(21-2)17(14)23-16(19)11-22-13-7-4-3-6-12(13)10-18/h3-9H,11H2,1-2H3. The monoisotopic (exact) mass is 313 g/mol. The fourth-order valence-corrected chi connectivity index (χ4v) is 1.88. The van der Waals surface area contributed by atoms with E-state index in [1.54, 1.807) is 42.5 Å². The molecule has 2 aromatic rings. The number of hydrogen-bond donors (Lipinski definition) is 0. The largest absolute Gasteiger partial charge is 0.493 e. The molecule has 0 radical (unpaired) electrons. The summed E-state index contributed by atoms with van der Waals surface area (Å²) in [5, 5.41) is 8.98. The van der Waals surface area contributed by atoms with Gasteiger partial charge in [0.25, 0.3) is 0 Å². The van der Waals surface area contributed by atoms with Crippen LogP contribution < -0.4 is 18.9 Å². The summed E-state index contributed by atoms with van der Waals surface area (Å²) in [4.78, 5) is 12.0. The molecule has 0 spiro atoms. The highest BCUT2D eigenvalue weighted by molar-refractivity contribution is 5.76. The molecule has 118 valence electrons. The van der Waals surface area contributed by atoms with Gasteiger partial charge in [0.15, 0.2) is 18.1 Å². The number of carbonyl (C=O) groups excluding carboxylic acids is 1. The summed E-state index contributed by atoms with van der Waals surface area (Å²) >= 11 is 0. The Balaban J connectivity index is 2.07. The Kier molecular flexibility index (Phi) is 5.42. The van der Waals surface area contributed by atoms with Gasteiger partial charge in [0, 0.05) is 0 Å². The van der Waals surface area contributed by atoms with Gasteiger partial charge in [0.2, 0.25) is 5.75 Å². The molecule has 0 fully saturated rings. The second-order valence-electron chi connectivity index (χ2n) is 4.36. The Hall–Kier alpha value is -3.20. The number of nitriles is 1. The maximum Gasteiger partial charge on any atom is 0.349 e. The van der Waals surface area contributed by atoms with Gasteiger partial charge in [-0.3, -0.25) is 0 Å². The number of esters is 1. The molecule has 6 nitrogen and oxygen atoms in total. The van der Waals surface area contributed by atoms with Crippen molar-refractivity contribution in [2.24, 2.45) is 0 Å². The minimum Gasteiger partial charge on any atom is -0.493 e. The van der Waals surface area contributed by atoms with Gasteiger partial charge < -0.3 is 18.9 Å². The molecule has 2 aromatic carbocycles. The first-order valence-electron chi connectivity index (χ1n) is 6.73. The molecule has 23 heavy (non-hydrogen) atoms. The van der Waals surface area contributed by atoms with Gasteiger partial charge in [-0.25, -0.2) is 4.79 Å². The number of nitrogens with zero attached hydrogens (tertiary/aromatic N) is 1. The Labute approximate surface area is 133 Å². The SMILES string of the molecule is COc1cccc(OC)c1OC(=O)COc1ccccc1C#N. The molecule has 0 heterocycles. The van der Waals surface area contributed by atoms with E-state index in [9.17, 15) is 4.79 Å². The van der Waals surface area contributed by atoms with Crippen LogP contribution in [0.3, 0.4) is 0 Å². The number of methoxy groups -OCH3 is 2. The third kappa shape index (κ3) is 3.92. The van der Waals surface area contributed by atoms with Crippen molar-refractivity contribution >= 4 is 5.97 Å². The van der Waals surface area contributed by atoms with Gasteiger partial charge in [0.1, 0.15) is 11.8 Å². The minimum atomic E-state index is -0.638. The second kappa shape index (κ2) is 7.71. The van der Waals surface area contributed by atoms with E-state index in [0.717, 1.165) is 0 Å². The average molecular weight is 313 g/mol. The molecule has 0 aliphatic rings. The van der Waals surface area contributed by atoms with E-state index in [-0.39, 0.29) is 12.4 Å². The molecule has 0 atom stereocenters. The lowest BCUT2D eigenvalue weighted by Gasteiger charge is -2.13. The summed E-state index contributed by atoms with van der Waals surface area (Å²) in [5.74, 6) is 0.601. The van der Waals surface area contributed by atoms with Gasteiger partial charge in [0.05, 0.1) is 19.8 Å². The van der Waals surface area contributed by atoms with Gasteiger partial charge in [-0.15, -0.1) is 0 Å². The zero-order valence-corrected chi connectivity index (χ0v) is 12.7. The minimum absolute atomic E-state index is 0.180. The molecule has 0 N–H and O–H groups in total. The van der Waals surface area contributed by atoms with Crippen LogP contribution in [-0.4, -0.2) is 26.8 Å². The van der Waals surface area contributed by atoms with Crippen molar-refractivity contribution < 1.29 is 23.7 Å². The van der Waals surface area contributed by atoms with E-state index < -0.39 is 5.97 Å². The third-order valence-corrected chi connectivity index (χ3v) is 2.95. The Bertz CT molecular complexity index is 714. The first-order chi connectivity index (χ1) is 11.2. The normalized spacial score (nSPS) is 9.61. The zero-order valence-electron chi connectivity index (χ0n) is 12.7. The van der Waals surface area contributed by atoms with Crippen molar-refractivity contribution in [1.29, 1.82) is 5.26 Å². The van der Waals surface area contributed by atoms with Gasteiger partial charge in [-0.05, 0) is 24.3 Å². The maximum absolute atomic E-state index is 12.0. The summed E-state index contributed by atoms with van der Waals surface area (Å²) in [6, 6.07) is 13.6. The van der Waals surface area contributed by atoms with Gasteiger partial charge >= 0.3 is 5.97 Å². The van der Waals surface area contributed by atoms with Crippen molar-refractivity contribution in [3.63, 3.8) is 0 Å². The van der Waals surface area contributed by atoms with Crippen LogP contribution in [0.4, 0.5) is 0 Å². The van der Waals surface area contributed by atoms with Crippen LogP contribution in [0, 0.1) is 11.3 Å². The fourth-order valence-electron chi connectivity index (χ4n) is 1.88. The molecule has 0 saturated heterocycles. The summed E-state index contributed by atoms with van der Waals surface area (Å²) < 4.78 is 20.9. The van der Waals surface area contributed by atoms with Crippen LogP contribution in [0.1, 0.15) is 5.56 Å². The van der Waals surface area contributed by atoms with Gasteiger partial charge in [-0.2, -0.15) is 5.26 Å². The lowest BCUT2D eigenvalue weighted by atomic mass is 10.2. The van der Waals surface area contributed by atoms with Crippen LogP contribution in [0.2, 0.25) is 0 Å². The Morgan fingerprint density at radius 1 is 1.00 bits per heavy atom. The summed E-state index contributed by atoms with van der Waals surface area (Å²) in [5.41, 5.74) is 0.343. The van der Waals surface area contributed by atoms with Crippen LogP contribution in [0.5, 0.6) is 23.0 Å². The van der Waals surface area contributed by atoms with E-state index in [0.29, 0.717) is 22.8 Å². The van der Waals surface area contributed by atoms with Crippen molar-refractivity contribution in [1.82, 2.24) is 0 Å². The topological polar surface area (TPSA) is 77.8 Å². The Morgan fingerprint density at radius 2 is 1.61 bits per heavy atom. The van der Waals surface area contributed by atoms with Crippen molar-refractivity contribution in [3.05, 3.63) is 48.0 Å². The molecule has 0 aromatic heterocycles. The summed E-state index contributed by atoms with van der Waals surface area (Å²) in [6.07, 6.45) is 0. The van der Waals surface area contributed by atoms with Crippen LogP contribution in [0.15, 0.2) is 42.5 Å². The van der Waals surface area contributed by atoms with Crippen molar-refractivity contribution in [2.45, 2.75) is 0 Å². The van der Waals surface area contributed by atoms with E-state index in [1.165, 1.54) is 14.2 Å². The third-order valence-electron chi connectivity index (χ3n) is 2.95.